The second-order valence-corrected chi connectivity index (χ2v) is 28.2. The van der Waals surface area contributed by atoms with E-state index in [1.807, 2.05) is 93.6 Å². The Morgan fingerprint density at radius 3 is 1.40 bits per heavy atom. The summed E-state index contributed by atoms with van der Waals surface area (Å²) in [4.78, 5) is 29.8. The van der Waals surface area contributed by atoms with Crippen LogP contribution in [-0.4, -0.2) is 96.3 Å². The normalized spacial score (nSPS) is 32.7. The Bertz CT molecular complexity index is 3240. The van der Waals surface area contributed by atoms with Gasteiger partial charge in [-0.15, -0.1) is 0 Å². The fourth-order valence-corrected chi connectivity index (χ4v) is 12.9. The molecule has 6 heterocycles. The van der Waals surface area contributed by atoms with Crippen LogP contribution in [0.5, 0.6) is 0 Å². The Morgan fingerprint density at radius 2 is 0.943 bits per heavy atom. The number of carbonyl (C=O) groups excluding carboxylic acids is 1. The molecule has 6 aliphatic heterocycles. The van der Waals surface area contributed by atoms with E-state index in [1.165, 1.54) is 0 Å². The molecule has 0 bridgehead atoms. The standard InChI is InChI=1S/C74H94N4O9/c1-49-59(80-43-52-26-18-14-19-27-52)36-61(82-45-54-30-22-16-23-31-54)67(86-49)73(12)40-57(75-51(73)3)34-56-39-71(10,47-84-69(4,5)6)64(76-56)38-65-74(13,41-58(77-65)35-63-72(11,42-66(79)78-63)48-85-70(7,8)9)68-62(83-46-55-32-24-17-25-33-55)37-60(50(2)87-68)81-44-53-28-20-15-21-29-53/h14-35,38,49-50,59-62,67-68H,3,36-37,39-48H2,1-2,4-13H3,(H,78,79)/b56-34+,63-35-,65-38-/t49-,50-,59-,60-,61-,62-,67-,68-,71?,72?,73+,74+/m1/s1. The second kappa shape index (κ2) is 26.6. The van der Waals surface area contributed by atoms with Gasteiger partial charge in [-0.2, -0.15) is 0 Å². The number of aliphatic imine (C=N–C) groups is 3. The van der Waals surface area contributed by atoms with Gasteiger partial charge in [0.2, 0.25) is 5.91 Å². The second-order valence-electron chi connectivity index (χ2n) is 28.2. The van der Waals surface area contributed by atoms with Crippen molar-refractivity contribution < 1.29 is 42.7 Å². The maximum absolute atomic E-state index is 13.4. The molecular formula is C74H94N4O9. The van der Waals surface area contributed by atoms with E-state index in [0.717, 1.165) is 62.2 Å². The van der Waals surface area contributed by atoms with Crippen molar-refractivity contribution in [2.24, 2.45) is 36.6 Å². The van der Waals surface area contributed by atoms with Crippen LogP contribution in [0.4, 0.5) is 0 Å². The number of nitrogens with zero attached hydrogens (tertiary/aromatic N) is 3. The Kier molecular flexibility index (Phi) is 19.6. The SMILES string of the molecule is C=C1N=C(/C=C2\CC(C)(COC(C)(C)C)C(/C=C3N=C(/C=C4\NC(=O)CC4(C)COC(C)(C)C)C[C@]\3(C)[C@@H]3O[C@H](C)[C@H](OCc4ccccc4)C[C@H]3OCc3ccccc3)=N2)C[C@]1(C)[C@@H]1O[C@H](C)[C@H](OCc2ccccc2)C[C@H]1OCc1ccccc1. The van der Waals surface area contributed by atoms with Gasteiger partial charge in [0.25, 0.3) is 0 Å². The van der Waals surface area contributed by atoms with Gasteiger partial charge in [-0.3, -0.25) is 19.8 Å². The van der Waals surface area contributed by atoms with Crippen molar-refractivity contribution in [1.82, 2.24) is 5.32 Å². The van der Waals surface area contributed by atoms with E-state index in [2.05, 4.69) is 141 Å². The van der Waals surface area contributed by atoms with E-state index in [0.29, 0.717) is 78.2 Å². The van der Waals surface area contributed by atoms with Crippen molar-refractivity contribution in [1.29, 1.82) is 0 Å². The Morgan fingerprint density at radius 1 is 0.529 bits per heavy atom. The van der Waals surface area contributed by atoms with Crippen molar-refractivity contribution in [3.8, 4) is 0 Å². The summed E-state index contributed by atoms with van der Waals surface area (Å²) in [5.74, 6) is -0.0430. The van der Waals surface area contributed by atoms with Crippen LogP contribution in [0.3, 0.4) is 0 Å². The van der Waals surface area contributed by atoms with Crippen molar-refractivity contribution in [2.75, 3.05) is 13.2 Å². The van der Waals surface area contributed by atoms with E-state index in [1.54, 1.807) is 0 Å². The Labute approximate surface area is 517 Å². The lowest BCUT2D eigenvalue weighted by Gasteiger charge is -2.47. The van der Waals surface area contributed by atoms with Gasteiger partial charge >= 0.3 is 0 Å². The average Bonchev–Trinajstić information content (AvgIpc) is 1.70. The third-order valence-electron chi connectivity index (χ3n) is 18.2. The molecule has 1 amide bonds. The zero-order valence-corrected chi connectivity index (χ0v) is 53.6. The fraction of sp³-hybridized carbons (Fsp3) is 0.514. The highest BCUT2D eigenvalue weighted by Crippen LogP contribution is 2.51. The molecule has 12 atom stereocenters. The maximum atomic E-state index is 13.4. The Balaban J connectivity index is 0.997. The molecule has 10 rings (SSSR count). The lowest BCUT2D eigenvalue weighted by atomic mass is 9.72. The smallest absolute Gasteiger partial charge is 0.225 e. The molecule has 13 nitrogen and oxygen atoms in total. The summed E-state index contributed by atoms with van der Waals surface area (Å²) < 4.78 is 54.8. The topological polar surface area (TPSA) is 140 Å². The van der Waals surface area contributed by atoms with E-state index in [4.69, 9.17) is 52.9 Å². The van der Waals surface area contributed by atoms with Gasteiger partial charge in [0.05, 0.1) is 111 Å². The molecule has 0 aromatic heterocycles. The molecule has 0 spiro atoms. The first-order chi connectivity index (χ1) is 41.3. The zero-order valence-electron chi connectivity index (χ0n) is 53.6. The van der Waals surface area contributed by atoms with Crippen molar-refractivity contribution >= 4 is 23.0 Å². The third-order valence-corrected chi connectivity index (χ3v) is 18.2. The lowest BCUT2D eigenvalue weighted by Crippen LogP contribution is -2.54. The van der Waals surface area contributed by atoms with Crippen LogP contribution in [-0.2, 0) is 69.1 Å². The van der Waals surface area contributed by atoms with E-state index in [9.17, 15) is 4.79 Å². The summed E-state index contributed by atoms with van der Waals surface area (Å²) >= 11 is 0. The summed E-state index contributed by atoms with van der Waals surface area (Å²) in [6.07, 6.45) is 7.29. The fourth-order valence-electron chi connectivity index (χ4n) is 12.9. The molecule has 3 fully saturated rings. The van der Waals surface area contributed by atoms with E-state index in [-0.39, 0.29) is 48.6 Å². The molecule has 0 saturated carbocycles. The highest BCUT2D eigenvalue weighted by atomic mass is 16.6. The molecule has 3 saturated heterocycles. The number of ether oxygens (including phenoxy) is 8. The molecule has 4 aromatic carbocycles. The van der Waals surface area contributed by atoms with Gasteiger partial charge in [0.1, 0.15) is 0 Å². The van der Waals surface area contributed by atoms with E-state index >= 15 is 0 Å². The van der Waals surface area contributed by atoms with Gasteiger partial charge < -0.3 is 43.2 Å². The number of nitrogens with one attached hydrogen (secondary N) is 1. The van der Waals surface area contributed by atoms with Gasteiger partial charge in [0, 0.05) is 88.7 Å². The van der Waals surface area contributed by atoms with Crippen LogP contribution in [0.1, 0.15) is 144 Å². The Hall–Kier alpha value is -6.00. The summed E-state index contributed by atoms with van der Waals surface area (Å²) in [7, 11) is 0. The predicted octanol–water partition coefficient (Wildman–Crippen LogP) is 14.6. The van der Waals surface area contributed by atoms with Crippen LogP contribution in [0.2, 0.25) is 0 Å². The van der Waals surface area contributed by atoms with Crippen LogP contribution in [0.15, 0.2) is 184 Å². The van der Waals surface area contributed by atoms with Crippen LogP contribution >= 0.6 is 0 Å². The van der Waals surface area contributed by atoms with Crippen LogP contribution in [0.25, 0.3) is 0 Å². The molecule has 6 aliphatic rings. The van der Waals surface area contributed by atoms with Crippen LogP contribution < -0.4 is 5.32 Å². The first-order valence-electron chi connectivity index (χ1n) is 31.4. The molecule has 1 N–H and O–H groups in total. The van der Waals surface area contributed by atoms with Crippen molar-refractivity contribution in [3.63, 3.8) is 0 Å². The van der Waals surface area contributed by atoms with Gasteiger partial charge in [-0.25, -0.2) is 0 Å². The summed E-state index contributed by atoms with van der Waals surface area (Å²) in [5.41, 5.74) is 6.88. The van der Waals surface area contributed by atoms with Gasteiger partial charge in [0.15, 0.2) is 0 Å². The summed E-state index contributed by atoms with van der Waals surface area (Å²) in [6.45, 7) is 32.6. The van der Waals surface area contributed by atoms with E-state index < -0.39 is 39.0 Å². The molecule has 87 heavy (non-hydrogen) atoms. The number of amides is 1. The van der Waals surface area contributed by atoms with Gasteiger partial charge in [-0.05, 0) is 95.9 Å². The molecule has 13 heteroatoms. The minimum atomic E-state index is -0.745. The minimum absolute atomic E-state index is 0.0430. The number of rotatable bonds is 21. The highest BCUT2D eigenvalue weighted by molar-refractivity contribution is 6.07. The quantitative estimate of drug-likeness (QED) is 0.0863. The highest BCUT2D eigenvalue weighted by Gasteiger charge is 2.54. The predicted molar refractivity (Wildman–Crippen MR) is 344 cm³/mol. The average molecular weight is 1180 g/mol. The van der Waals surface area contributed by atoms with Crippen molar-refractivity contribution in [2.45, 2.75) is 208 Å². The van der Waals surface area contributed by atoms with Gasteiger partial charge in [-0.1, -0.05) is 156 Å². The third kappa shape index (κ3) is 15.7. The number of benzene rings is 4. The maximum Gasteiger partial charge on any atom is 0.225 e. The van der Waals surface area contributed by atoms with Crippen molar-refractivity contribution in [3.05, 3.63) is 191 Å². The number of allylic oxidation sites excluding steroid dienone is 4. The zero-order chi connectivity index (χ0) is 61.8. The summed E-state index contributed by atoms with van der Waals surface area (Å²) in [6, 6.07) is 41.1. The molecule has 4 aromatic rings. The largest absolute Gasteiger partial charge is 0.375 e. The number of hydrogen-bond donors (Lipinski definition) is 1. The molecule has 0 aliphatic carbocycles. The lowest BCUT2D eigenvalue weighted by molar-refractivity contribution is -0.220. The molecular weight excluding hydrogens is 1090 g/mol. The summed E-state index contributed by atoms with van der Waals surface area (Å²) in [5, 5.41) is 3.22. The molecule has 2 unspecified atom stereocenters. The molecule has 464 valence electrons. The minimum Gasteiger partial charge on any atom is -0.375 e. The number of carbonyl (C=O) groups is 1. The molecule has 0 radical (unpaired) electrons. The monoisotopic (exact) mass is 1180 g/mol. The first kappa shape index (κ1) is 64.0. The number of hydrogen-bond acceptors (Lipinski definition) is 12. The first-order valence-corrected chi connectivity index (χ1v) is 31.4. The van der Waals surface area contributed by atoms with Crippen LogP contribution in [0, 0.1) is 21.7 Å².